The van der Waals surface area contributed by atoms with Crippen LogP contribution in [0, 0.1) is 5.82 Å². The Hall–Kier alpha value is -1.60. The van der Waals surface area contributed by atoms with E-state index in [0.717, 1.165) is 4.31 Å². The summed E-state index contributed by atoms with van der Waals surface area (Å²) in [6.45, 7) is 0. The summed E-state index contributed by atoms with van der Waals surface area (Å²) in [6, 6.07) is 10.1. The van der Waals surface area contributed by atoms with Crippen LogP contribution in [-0.4, -0.2) is 22.6 Å². The lowest BCUT2D eigenvalue weighted by Gasteiger charge is -2.20. The Labute approximate surface area is 131 Å². The Morgan fingerprint density at radius 3 is 2.43 bits per heavy atom. The van der Waals surface area contributed by atoms with Gasteiger partial charge in [0.25, 0.3) is 10.0 Å². The first kappa shape index (κ1) is 15.8. The molecule has 0 aromatic heterocycles. The summed E-state index contributed by atoms with van der Waals surface area (Å²) in [5.74, 6) is -0.0846. The minimum absolute atomic E-state index is 0.00978. The molecule has 2 aromatic carbocycles. The first-order valence-corrected chi connectivity index (χ1v) is 8.18. The number of methoxy groups -OCH3 is 1. The molecule has 0 N–H and O–H groups in total. The summed E-state index contributed by atoms with van der Waals surface area (Å²) in [5.41, 5.74) is -0.00978. The lowest BCUT2D eigenvalue weighted by molar-refractivity contribution is 0.411. The van der Waals surface area contributed by atoms with E-state index in [-0.39, 0.29) is 10.6 Å². The molecule has 21 heavy (non-hydrogen) atoms. The molecule has 0 saturated heterocycles. The zero-order valence-electron chi connectivity index (χ0n) is 11.4. The number of halogens is 2. The van der Waals surface area contributed by atoms with Gasteiger partial charge in [-0.25, -0.2) is 12.8 Å². The molecule has 2 aromatic rings. The third kappa shape index (κ3) is 3.03. The Kier molecular flexibility index (Phi) is 4.53. The third-order valence-electron chi connectivity index (χ3n) is 2.97. The van der Waals surface area contributed by atoms with Gasteiger partial charge < -0.3 is 4.74 Å². The second-order valence-electron chi connectivity index (χ2n) is 4.22. The molecule has 0 unspecified atom stereocenters. The van der Waals surface area contributed by atoms with Crippen LogP contribution in [0.25, 0.3) is 0 Å². The highest BCUT2D eigenvalue weighted by Gasteiger charge is 2.24. The van der Waals surface area contributed by atoms with Crippen LogP contribution in [-0.2, 0) is 10.0 Å². The fourth-order valence-corrected chi connectivity index (χ4v) is 3.72. The molecular formula is C14H13BrFNO3S. The standard InChI is InChI=1S/C14H13BrFNO3S/c1-17(13-6-4-3-5-12(13)16)21(18,19)10-7-8-14(20-2)11(15)9-10/h3-9H,1-2H3. The second-order valence-corrected chi connectivity index (χ2v) is 7.04. The van der Waals surface area contributed by atoms with Crippen LogP contribution in [0.4, 0.5) is 10.1 Å². The zero-order chi connectivity index (χ0) is 15.6. The number of rotatable bonds is 4. The molecule has 0 amide bonds. The molecule has 0 aliphatic carbocycles. The summed E-state index contributed by atoms with van der Waals surface area (Å²) >= 11 is 3.24. The number of hydrogen-bond acceptors (Lipinski definition) is 3. The smallest absolute Gasteiger partial charge is 0.264 e. The van der Waals surface area contributed by atoms with E-state index in [0.29, 0.717) is 10.2 Å². The maximum Gasteiger partial charge on any atom is 0.264 e. The van der Waals surface area contributed by atoms with Crippen LogP contribution in [0.3, 0.4) is 0 Å². The summed E-state index contributed by atoms with van der Waals surface area (Å²) < 4.78 is 45.3. The molecule has 0 spiro atoms. The molecule has 4 nitrogen and oxygen atoms in total. The minimum Gasteiger partial charge on any atom is -0.496 e. The van der Waals surface area contributed by atoms with Crippen LogP contribution in [0.15, 0.2) is 51.8 Å². The van der Waals surface area contributed by atoms with E-state index in [9.17, 15) is 12.8 Å². The van der Waals surface area contributed by atoms with E-state index in [1.54, 1.807) is 6.07 Å². The summed E-state index contributed by atoms with van der Waals surface area (Å²) in [5, 5.41) is 0. The summed E-state index contributed by atoms with van der Waals surface area (Å²) in [4.78, 5) is 0.0425. The van der Waals surface area contributed by atoms with Gasteiger partial charge in [0.05, 0.1) is 22.2 Å². The van der Waals surface area contributed by atoms with Crippen LogP contribution in [0.2, 0.25) is 0 Å². The van der Waals surface area contributed by atoms with Gasteiger partial charge in [0.2, 0.25) is 0 Å². The molecule has 112 valence electrons. The first-order valence-electron chi connectivity index (χ1n) is 5.95. The molecule has 0 fully saturated rings. The van der Waals surface area contributed by atoms with Gasteiger partial charge in [0, 0.05) is 7.05 Å². The predicted molar refractivity (Wildman–Crippen MR) is 82.7 cm³/mol. The average molecular weight is 374 g/mol. The van der Waals surface area contributed by atoms with Crippen molar-refractivity contribution in [2.24, 2.45) is 0 Å². The van der Waals surface area contributed by atoms with Crippen molar-refractivity contribution in [2.75, 3.05) is 18.5 Å². The number of nitrogens with zero attached hydrogens (tertiary/aromatic N) is 1. The monoisotopic (exact) mass is 373 g/mol. The van der Waals surface area contributed by atoms with Gasteiger partial charge in [-0.2, -0.15) is 0 Å². The fourth-order valence-electron chi connectivity index (χ4n) is 1.80. The molecule has 2 rings (SSSR count). The quantitative estimate of drug-likeness (QED) is 0.824. The van der Waals surface area contributed by atoms with Gasteiger partial charge in [-0.1, -0.05) is 12.1 Å². The average Bonchev–Trinajstić information content (AvgIpc) is 2.47. The molecule has 0 atom stereocenters. The van der Waals surface area contributed by atoms with Crippen molar-refractivity contribution in [1.29, 1.82) is 0 Å². The minimum atomic E-state index is -3.85. The predicted octanol–water partition coefficient (Wildman–Crippen LogP) is 3.42. The Morgan fingerprint density at radius 2 is 1.86 bits per heavy atom. The van der Waals surface area contributed by atoms with Crippen LogP contribution in [0.1, 0.15) is 0 Å². The number of para-hydroxylation sites is 1. The highest BCUT2D eigenvalue weighted by molar-refractivity contribution is 9.10. The van der Waals surface area contributed by atoms with E-state index in [1.165, 1.54) is 50.6 Å². The number of anilines is 1. The van der Waals surface area contributed by atoms with E-state index >= 15 is 0 Å². The topological polar surface area (TPSA) is 46.6 Å². The van der Waals surface area contributed by atoms with E-state index in [4.69, 9.17) is 4.74 Å². The van der Waals surface area contributed by atoms with Gasteiger partial charge in [0.15, 0.2) is 0 Å². The SMILES string of the molecule is COc1ccc(S(=O)(=O)N(C)c2ccccc2F)cc1Br. The van der Waals surface area contributed by atoms with Crippen molar-refractivity contribution in [3.05, 3.63) is 52.8 Å². The van der Waals surface area contributed by atoms with Crippen LogP contribution in [0.5, 0.6) is 5.75 Å². The molecular weight excluding hydrogens is 361 g/mol. The largest absolute Gasteiger partial charge is 0.496 e. The number of sulfonamides is 1. The molecule has 7 heteroatoms. The first-order chi connectivity index (χ1) is 9.87. The van der Waals surface area contributed by atoms with Crippen molar-refractivity contribution >= 4 is 31.6 Å². The fraction of sp³-hybridized carbons (Fsp3) is 0.143. The van der Waals surface area contributed by atoms with Crippen molar-refractivity contribution in [2.45, 2.75) is 4.90 Å². The van der Waals surface area contributed by atoms with Crippen molar-refractivity contribution in [1.82, 2.24) is 0 Å². The highest BCUT2D eigenvalue weighted by Crippen LogP contribution is 2.30. The second kappa shape index (κ2) is 6.03. The van der Waals surface area contributed by atoms with Crippen LogP contribution >= 0.6 is 15.9 Å². The van der Waals surface area contributed by atoms with Gasteiger partial charge in [-0.3, -0.25) is 4.31 Å². The van der Waals surface area contributed by atoms with Crippen molar-refractivity contribution in [3.63, 3.8) is 0 Å². The normalized spacial score (nSPS) is 11.2. The lowest BCUT2D eigenvalue weighted by atomic mass is 10.3. The van der Waals surface area contributed by atoms with E-state index in [1.807, 2.05) is 0 Å². The van der Waals surface area contributed by atoms with Gasteiger partial charge in [-0.15, -0.1) is 0 Å². The van der Waals surface area contributed by atoms with Crippen molar-refractivity contribution < 1.29 is 17.5 Å². The molecule has 0 aliphatic rings. The van der Waals surface area contributed by atoms with Gasteiger partial charge in [0.1, 0.15) is 11.6 Å². The van der Waals surface area contributed by atoms with E-state index in [2.05, 4.69) is 15.9 Å². The van der Waals surface area contributed by atoms with Crippen molar-refractivity contribution in [3.8, 4) is 5.75 Å². The molecule has 0 radical (unpaired) electrons. The lowest BCUT2D eigenvalue weighted by Crippen LogP contribution is -2.27. The maximum atomic E-state index is 13.7. The summed E-state index contributed by atoms with van der Waals surface area (Å²) in [6.07, 6.45) is 0. The molecule has 0 bridgehead atoms. The van der Waals surface area contributed by atoms with Gasteiger partial charge >= 0.3 is 0 Å². The molecule has 0 aliphatic heterocycles. The maximum absolute atomic E-state index is 13.7. The number of hydrogen-bond donors (Lipinski definition) is 0. The van der Waals surface area contributed by atoms with Gasteiger partial charge in [-0.05, 0) is 46.3 Å². The molecule has 0 saturated carbocycles. The molecule has 0 heterocycles. The third-order valence-corrected chi connectivity index (χ3v) is 5.36. The zero-order valence-corrected chi connectivity index (χ0v) is 13.8. The number of benzene rings is 2. The number of ether oxygens (including phenoxy) is 1. The Morgan fingerprint density at radius 1 is 1.19 bits per heavy atom. The Balaban J connectivity index is 2.47. The van der Waals surface area contributed by atoms with E-state index < -0.39 is 15.8 Å². The Bertz CT molecular complexity index is 765. The van der Waals surface area contributed by atoms with Crippen LogP contribution < -0.4 is 9.04 Å². The summed E-state index contributed by atoms with van der Waals surface area (Å²) in [7, 11) is -1.06. The highest BCUT2D eigenvalue weighted by atomic mass is 79.9.